The van der Waals surface area contributed by atoms with Gasteiger partial charge in [0.15, 0.2) is 5.09 Å². The summed E-state index contributed by atoms with van der Waals surface area (Å²) in [5, 5.41) is 15.9. The van der Waals surface area contributed by atoms with E-state index in [4.69, 9.17) is 16.0 Å². The summed E-state index contributed by atoms with van der Waals surface area (Å²) in [4.78, 5) is 14.9. The summed E-state index contributed by atoms with van der Waals surface area (Å²) in [5.74, 6) is 0.954. The lowest BCUT2D eigenvalue weighted by Crippen LogP contribution is -1.94. The fraction of sp³-hybridized carbons (Fsp3) is 0. The predicted molar refractivity (Wildman–Crippen MR) is 96.4 cm³/mol. The van der Waals surface area contributed by atoms with E-state index in [9.17, 15) is 10.1 Å². The summed E-state index contributed by atoms with van der Waals surface area (Å²) >= 11 is 7.32. The molecule has 0 saturated heterocycles. The summed E-state index contributed by atoms with van der Waals surface area (Å²) in [5.41, 5.74) is 2.60. The Balaban J connectivity index is 1.58. The van der Waals surface area contributed by atoms with Gasteiger partial charge in [-0.15, -0.1) is 0 Å². The van der Waals surface area contributed by atoms with Gasteiger partial charge >= 0.3 is 0 Å². The van der Waals surface area contributed by atoms with E-state index in [0.29, 0.717) is 16.6 Å². The lowest BCUT2D eigenvalue weighted by Gasteiger charge is -1.98. The van der Waals surface area contributed by atoms with Crippen LogP contribution in [-0.2, 0) is 0 Å². The number of hydrogen-bond donors (Lipinski definition) is 1. The van der Waals surface area contributed by atoms with Crippen molar-refractivity contribution < 1.29 is 9.34 Å². The third-order valence-corrected chi connectivity index (χ3v) is 4.14. The predicted octanol–water partition coefficient (Wildman–Crippen LogP) is 4.83. The molecule has 2 aromatic heterocycles. The minimum atomic E-state index is -0.511. The molecular weight excluding hydrogens is 364 g/mol. The molecule has 126 valence electrons. The molecule has 0 aliphatic rings. The second kappa shape index (κ2) is 7.82. The Kier molecular flexibility index (Phi) is 5.32. The highest BCUT2D eigenvalue weighted by atomic mass is 35.5. The maximum absolute atomic E-state index is 10.6. The number of halogens is 1. The molecule has 0 saturated carbocycles. The molecule has 9 heteroatoms. The smallest absolute Gasteiger partial charge is 0.287 e. The number of benzene rings is 1. The first kappa shape index (κ1) is 17.0. The van der Waals surface area contributed by atoms with Gasteiger partial charge in [-0.1, -0.05) is 23.4 Å². The average molecular weight is 375 g/mol. The second-order valence-corrected chi connectivity index (χ2v) is 6.26. The van der Waals surface area contributed by atoms with E-state index in [1.54, 1.807) is 6.07 Å². The quantitative estimate of drug-likeness (QED) is 0.377. The van der Waals surface area contributed by atoms with Gasteiger partial charge in [0, 0.05) is 16.0 Å². The fourth-order valence-electron chi connectivity index (χ4n) is 1.80. The van der Waals surface area contributed by atoms with E-state index in [-0.39, 0.29) is 5.69 Å². The van der Waals surface area contributed by atoms with Crippen molar-refractivity contribution in [1.29, 1.82) is 0 Å². The zero-order chi connectivity index (χ0) is 17.6. The van der Waals surface area contributed by atoms with Crippen LogP contribution in [0.2, 0.25) is 5.02 Å². The second-order valence-electron chi connectivity index (χ2n) is 4.74. The molecule has 0 amide bonds. The van der Waals surface area contributed by atoms with Gasteiger partial charge in [-0.05, 0) is 42.5 Å². The Morgan fingerprint density at radius 2 is 2.00 bits per heavy atom. The highest BCUT2D eigenvalue weighted by Gasteiger charge is 2.05. The molecule has 0 bridgehead atoms. The van der Waals surface area contributed by atoms with E-state index >= 15 is 0 Å². The summed E-state index contributed by atoms with van der Waals surface area (Å²) in [7, 11) is 0. The molecule has 1 N–H and O–H groups in total. The molecule has 0 fully saturated rings. The van der Waals surface area contributed by atoms with Gasteiger partial charge in [-0.25, -0.2) is 4.98 Å². The molecule has 0 radical (unpaired) electrons. The number of nitro groups is 1. The first-order valence-corrected chi connectivity index (χ1v) is 8.22. The Labute approximate surface area is 151 Å². The molecule has 0 spiro atoms. The standard InChI is InChI=1S/C16H11ClN4O3S/c17-11-1-5-14(6-2-11)25-16-8-4-13(24-16)10-19-20-15-7-3-12(9-18-15)21(22)23/h1-10H,(H,18,20)/b19-10+. The van der Waals surface area contributed by atoms with Crippen molar-refractivity contribution in [3.63, 3.8) is 0 Å². The number of nitrogens with one attached hydrogen (secondary N) is 1. The van der Waals surface area contributed by atoms with Crippen LogP contribution in [0.5, 0.6) is 0 Å². The number of rotatable bonds is 6. The number of furan rings is 1. The van der Waals surface area contributed by atoms with Crippen molar-refractivity contribution in [2.24, 2.45) is 5.10 Å². The average Bonchev–Trinajstić information content (AvgIpc) is 3.05. The molecule has 2 heterocycles. The van der Waals surface area contributed by atoms with Crippen LogP contribution in [0, 0.1) is 10.1 Å². The number of nitrogens with zero attached hydrogens (tertiary/aromatic N) is 3. The van der Waals surface area contributed by atoms with Crippen LogP contribution >= 0.6 is 23.4 Å². The van der Waals surface area contributed by atoms with Crippen LogP contribution in [0.4, 0.5) is 11.5 Å². The van der Waals surface area contributed by atoms with Crippen LogP contribution in [0.3, 0.4) is 0 Å². The summed E-state index contributed by atoms with van der Waals surface area (Å²) in [6.07, 6.45) is 2.65. The van der Waals surface area contributed by atoms with Crippen LogP contribution in [0.1, 0.15) is 5.76 Å². The van der Waals surface area contributed by atoms with Crippen LogP contribution in [0.15, 0.2) is 74.2 Å². The maximum atomic E-state index is 10.6. The lowest BCUT2D eigenvalue weighted by molar-refractivity contribution is -0.385. The number of hydrazone groups is 1. The third-order valence-electron chi connectivity index (χ3n) is 2.96. The van der Waals surface area contributed by atoms with E-state index in [0.717, 1.165) is 16.2 Å². The van der Waals surface area contributed by atoms with Gasteiger partial charge in [0.25, 0.3) is 5.69 Å². The van der Waals surface area contributed by atoms with Gasteiger partial charge in [0.1, 0.15) is 17.8 Å². The maximum Gasteiger partial charge on any atom is 0.287 e. The summed E-state index contributed by atoms with van der Waals surface area (Å²) in [6, 6.07) is 13.9. The summed E-state index contributed by atoms with van der Waals surface area (Å²) in [6.45, 7) is 0. The largest absolute Gasteiger partial charge is 0.448 e. The lowest BCUT2D eigenvalue weighted by atomic mass is 10.4. The van der Waals surface area contributed by atoms with Crippen molar-refractivity contribution in [2.45, 2.75) is 9.99 Å². The van der Waals surface area contributed by atoms with Crippen LogP contribution in [0.25, 0.3) is 0 Å². The number of hydrogen-bond acceptors (Lipinski definition) is 7. The molecule has 25 heavy (non-hydrogen) atoms. The molecular formula is C16H11ClN4O3S. The zero-order valence-corrected chi connectivity index (χ0v) is 14.2. The van der Waals surface area contributed by atoms with Gasteiger partial charge in [-0.3, -0.25) is 15.5 Å². The summed E-state index contributed by atoms with van der Waals surface area (Å²) < 4.78 is 5.64. The van der Waals surface area contributed by atoms with E-state index < -0.39 is 4.92 Å². The van der Waals surface area contributed by atoms with Gasteiger partial charge in [-0.2, -0.15) is 5.10 Å². The first-order chi connectivity index (χ1) is 12.1. The Bertz CT molecular complexity index is 895. The molecule has 0 aliphatic heterocycles. The normalized spacial score (nSPS) is 10.9. The zero-order valence-electron chi connectivity index (χ0n) is 12.6. The van der Waals surface area contributed by atoms with Crippen molar-refractivity contribution in [3.8, 4) is 0 Å². The molecule has 3 aromatic rings. The minimum absolute atomic E-state index is 0.0792. The number of anilines is 1. The van der Waals surface area contributed by atoms with Crippen molar-refractivity contribution >= 4 is 41.1 Å². The Morgan fingerprint density at radius 3 is 2.68 bits per heavy atom. The van der Waals surface area contributed by atoms with Gasteiger partial charge in [0.05, 0.1) is 11.1 Å². The van der Waals surface area contributed by atoms with Crippen LogP contribution in [-0.4, -0.2) is 16.1 Å². The highest BCUT2D eigenvalue weighted by molar-refractivity contribution is 7.99. The number of aromatic nitrogens is 1. The van der Waals surface area contributed by atoms with E-state index in [2.05, 4.69) is 15.5 Å². The van der Waals surface area contributed by atoms with Gasteiger partial charge < -0.3 is 4.42 Å². The highest BCUT2D eigenvalue weighted by Crippen LogP contribution is 2.29. The van der Waals surface area contributed by atoms with E-state index in [1.165, 1.54) is 30.1 Å². The van der Waals surface area contributed by atoms with Crippen molar-refractivity contribution in [3.05, 3.63) is 75.6 Å². The Morgan fingerprint density at radius 1 is 1.20 bits per heavy atom. The molecule has 7 nitrogen and oxygen atoms in total. The van der Waals surface area contributed by atoms with Crippen molar-refractivity contribution in [2.75, 3.05) is 5.43 Å². The van der Waals surface area contributed by atoms with E-state index in [1.807, 2.05) is 30.3 Å². The molecule has 3 rings (SSSR count). The SMILES string of the molecule is O=[N+]([O-])c1ccc(N/N=C/c2ccc(Sc3ccc(Cl)cc3)o2)nc1. The molecule has 0 atom stereocenters. The fourth-order valence-corrected chi connectivity index (χ4v) is 2.70. The van der Waals surface area contributed by atoms with Crippen LogP contribution < -0.4 is 5.43 Å². The Hall–Kier alpha value is -2.84. The third kappa shape index (κ3) is 4.82. The molecule has 1 aromatic carbocycles. The molecule has 0 unspecified atom stereocenters. The van der Waals surface area contributed by atoms with Gasteiger partial charge in [0.2, 0.25) is 0 Å². The number of pyridine rings is 1. The monoisotopic (exact) mass is 374 g/mol. The first-order valence-electron chi connectivity index (χ1n) is 7.03. The van der Waals surface area contributed by atoms with Crippen molar-refractivity contribution in [1.82, 2.24) is 4.98 Å². The minimum Gasteiger partial charge on any atom is -0.448 e. The molecule has 0 aliphatic carbocycles. The topological polar surface area (TPSA) is 93.6 Å².